The Morgan fingerprint density at radius 3 is 2.45 bits per heavy atom. The number of likely N-dealkylation sites (tertiary alicyclic amines) is 1. The lowest BCUT2D eigenvalue weighted by Gasteiger charge is -2.26. The standard InChI is InChI=1S/C24H30N4O3/c1-25-24(27-20-10-11-21-22(16-20)31-15-5-14-30-21)26-17-18-6-8-19(9-7-18)23(29)28-12-3-2-4-13-28/h6-11,16H,2-5,12-15,17H2,1H3,(H2,25,26,27). The van der Waals surface area contributed by atoms with E-state index in [0.29, 0.717) is 25.7 Å². The lowest BCUT2D eigenvalue weighted by molar-refractivity contribution is 0.0724. The van der Waals surface area contributed by atoms with E-state index in [1.807, 2.05) is 47.4 Å². The van der Waals surface area contributed by atoms with Crippen LogP contribution >= 0.6 is 0 Å². The van der Waals surface area contributed by atoms with Gasteiger partial charge in [0.15, 0.2) is 17.5 Å². The van der Waals surface area contributed by atoms with E-state index in [-0.39, 0.29) is 5.91 Å². The number of guanidine groups is 1. The molecule has 0 atom stereocenters. The fourth-order valence-corrected chi connectivity index (χ4v) is 3.79. The monoisotopic (exact) mass is 422 g/mol. The number of fused-ring (bicyclic) bond motifs is 1. The Hall–Kier alpha value is -3.22. The molecule has 0 unspecified atom stereocenters. The Bertz CT molecular complexity index is 921. The lowest BCUT2D eigenvalue weighted by Crippen LogP contribution is -2.35. The average Bonchev–Trinajstić information content (AvgIpc) is 3.07. The number of nitrogens with one attached hydrogen (secondary N) is 2. The molecule has 2 N–H and O–H groups in total. The van der Waals surface area contributed by atoms with E-state index in [0.717, 1.165) is 60.7 Å². The molecule has 0 aromatic heterocycles. The van der Waals surface area contributed by atoms with Crippen molar-refractivity contribution in [3.05, 3.63) is 53.6 Å². The van der Waals surface area contributed by atoms with Crippen LogP contribution < -0.4 is 20.1 Å². The zero-order valence-electron chi connectivity index (χ0n) is 18.0. The third-order valence-electron chi connectivity index (χ3n) is 5.54. The molecule has 0 spiro atoms. The number of hydrogen-bond donors (Lipinski definition) is 2. The van der Waals surface area contributed by atoms with E-state index in [4.69, 9.17) is 9.47 Å². The minimum Gasteiger partial charge on any atom is -0.490 e. The fraction of sp³-hybridized carbons (Fsp3) is 0.417. The van der Waals surface area contributed by atoms with Gasteiger partial charge in [0.05, 0.1) is 13.2 Å². The molecule has 2 heterocycles. The van der Waals surface area contributed by atoms with Gasteiger partial charge in [0.25, 0.3) is 5.91 Å². The molecule has 7 nitrogen and oxygen atoms in total. The summed E-state index contributed by atoms with van der Waals surface area (Å²) in [4.78, 5) is 18.9. The molecule has 2 aromatic rings. The van der Waals surface area contributed by atoms with Crippen LogP contribution in [-0.2, 0) is 6.54 Å². The van der Waals surface area contributed by atoms with Crippen LogP contribution in [0.25, 0.3) is 0 Å². The van der Waals surface area contributed by atoms with Crippen LogP contribution in [0.2, 0.25) is 0 Å². The number of anilines is 1. The highest BCUT2D eigenvalue weighted by Crippen LogP contribution is 2.32. The number of carbonyl (C=O) groups excluding carboxylic acids is 1. The van der Waals surface area contributed by atoms with Crippen molar-refractivity contribution < 1.29 is 14.3 Å². The number of ether oxygens (including phenoxy) is 2. The van der Waals surface area contributed by atoms with Crippen LogP contribution in [0, 0.1) is 0 Å². The molecule has 1 amide bonds. The number of aliphatic imine (C=N–C) groups is 1. The van der Waals surface area contributed by atoms with Gasteiger partial charge in [-0.05, 0) is 49.1 Å². The van der Waals surface area contributed by atoms with Gasteiger partial charge in [-0.25, -0.2) is 0 Å². The van der Waals surface area contributed by atoms with Gasteiger partial charge >= 0.3 is 0 Å². The molecular weight excluding hydrogens is 392 g/mol. The summed E-state index contributed by atoms with van der Waals surface area (Å²) in [6.07, 6.45) is 4.30. The predicted molar refractivity (Wildman–Crippen MR) is 122 cm³/mol. The number of piperidine rings is 1. The highest BCUT2D eigenvalue weighted by atomic mass is 16.5. The Morgan fingerprint density at radius 2 is 1.71 bits per heavy atom. The maximum absolute atomic E-state index is 12.6. The van der Waals surface area contributed by atoms with Gasteiger partial charge < -0.3 is 25.0 Å². The third kappa shape index (κ3) is 5.48. The number of carbonyl (C=O) groups is 1. The number of benzene rings is 2. The molecule has 2 aromatic carbocycles. The Kier molecular flexibility index (Phi) is 6.92. The second-order valence-corrected chi connectivity index (χ2v) is 7.81. The van der Waals surface area contributed by atoms with Gasteiger partial charge in [-0.3, -0.25) is 9.79 Å². The zero-order chi connectivity index (χ0) is 21.5. The predicted octanol–water partition coefficient (Wildman–Crippen LogP) is 3.66. The summed E-state index contributed by atoms with van der Waals surface area (Å²) in [5.41, 5.74) is 2.71. The summed E-state index contributed by atoms with van der Waals surface area (Å²) < 4.78 is 11.4. The normalized spacial score (nSPS) is 16.4. The van der Waals surface area contributed by atoms with E-state index in [9.17, 15) is 4.79 Å². The van der Waals surface area contributed by atoms with Crippen molar-refractivity contribution >= 4 is 17.6 Å². The van der Waals surface area contributed by atoms with Gasteiger partial charge in [0.1, 0.15) is 0 Å². The van der Waals surface area contributed by atoms with Crippen LogP contribution in [0.4, 0.5) is 5.69 Å². The zero-order valence-corrected chi connectivity index (χ0v) is 18.0. The van der Waals surface area contributed by atoms with E-state index >= 15 is 0 Å². The molecule has 1 fully saturated rings. The lowest BCUT2D eigenvalue weighted by atomic mass is 10.1. The number of nitrogens with zero attached hydrogens (tertiary/aromatic N) is 2. The third-order valence-corrected chi connectivity index (χ3v) is 5.54. The van der Waals surface area contributed by atoms with Crippen LogP contribution in [0.5, 0.6) is 11.5 Å². The van der Waals surface area contributed by atoms with Gasteiger partial charge in [-0.1, -0.05) is 12.1 Å². The first-order valence-corrected chi connectivity index (χ1v) is 11.0. The van der Waals surface area contributed by atoms with Crippen molar-refractivity contribution in [1.82, 2.24) is 10.2 Å². The van der Waals surface area contributed by atoms with Crippen LogP contribution in [0.3, 0.4) is 0 Å². The molecule has 2 aliphatic rings. The van der Waals surface area contributed by atoms with E-state index < -0.39 is 0 Å². The molecule has 4 rings (SSSR count). The van der Waals surface area contributed by atoms with Crippen molar-refractivity contribution in [3.8, 4) is 11.5 Å². The largest absolute Gasteiger partial charge is 0.490 e. The minimum atomic E-state index is 0.131. The molecule has 0 radical (unpaired) electrons. The van der Waals surface area contributed by atoms with Crippen molar-refractivity contribution in [2.24, 2.45) is 4.99 Å². The summed E-state index contributed by atoms with van der Waals surface area (Å²) in [6, 6.07) is 13.6. The summed E-state index contributed by atoms with van der Waals surface area (Å²) in [5, 5.41) is 6.59. The topological polar surface area (TPSA) is 75.2 Å². The van der Waals surface area contributed by atoms with Crippen molar-refractivity contribution in [2.75, 3.05) is 38.7 Å². The molecule has 2 aliphatic heterocycles. The highest BCUT2D eigenvalue weighted by Gasteiger charge is 2.18. The first-order valence-electron chi connectivity index (χ1n) is 11.0. The van der Waals surface area contributed by atoms with Crippen LogP contribution in [0.1, 0.15) is 41.6 Å². The summed E-state index contributed by atoms with van der Waals surface area (Å²) in [6.45, 7) is 3.65. The molecule has 0 saturated carbocycles. The van der Waals surface area contributed by atoms with Crippen LogP contribution in [-0.4, -0.2) is 50.1 Å². The van der Waals surface area contributed by atoms with Crippen LogP contribution in [0.15, 0.2) is 47.5 Å². The van der Waals surface area contributed by atoms with Gasteiger partial charge in [0.2, 0.25) is 0 Å². The van der Waals surface area contributed by atoms with Crippen molar-refractivity contribution in [1.29, 1.82) is 0 Å². The molecule has 7 heteroatoms. The van der Waals surface area contributed by atoms with E-state index in [1.54, 1.807) is 7.05 Å². The molecule has 164 valence electrons. The van der Waals surface area contributed by atoms with Gasteiger partial charge in [-0.2, -0.15) is 0 Å². The second-order valence-electron chi connectivity index (χ2n) is 7.81. The summed E-state index contributed by atoms with van der Waals surface area (Å²) in [7, 11) is 1.73. The minimum absolute atomic E-state index is 0.131. The van der Waals surface area contributed by atoms with Gasteiger partial charge in [0, 0.05) is 50.4 Å². The summed E-state index contributed by atoms with van der Waals surface area (Å²) >= 11 is 0. The highest BCUT2D eigenvalue weighted by molar-refractivity contribution is 5.95. The molecule has 0 bridgehead atoms. The Balaban J connectivity index is 1.32. The molecule has 0 aliphatic carbocycles. The number of hydrogen-bond acceptors (Lipinski definition) is 4. The SMILES string of the molecule is CN=C(NCc1ccc(C(=O)N2CCCCC2)cc1)Nc1ccc2c(c1)OCCCO2. The Labute approximate surface area is 183 Å². The second kappa shape index (κ2) is 10.2. The van der Waals surface area contributed by atoms with Crippen molar-refractivity contribution in [2.45, 2.75) is 32.2 Å². The summed E-state index contributed by atoms with van der Waals surface area (Å²) in [5.74, 6) is 2.30. The first-order chi connectivity index (χ1) is 15.2. The molecule has 1 saturated heterocycles. The molecular formula is C24H30N4O3. The molecule has 31 heavy (non-hydrogen) atoms. The maximum atomic E-state index is 12.6. The average molecular weight is 423 g/mol. The quantitative estimate of drug-likeness (QED) is 0.581. The van der Waals surface area contributed by atoms with E-state index in [1.165, 1.54) is 6.42 Å². The maximum Gasteiger partial charge on any atom is 0.253 e. The van der Waals surface area contributed by atoms with Crippen molar-refractivity contribution in [3.63, 3.8) is 0 Å². The van der Waals surface area contributed by atoms with Gasteiger partial charge in [-0.15, -0.1) is 0 Å². The first kappa shape index (κ1) is 21.0. The Morgan fingerprint density at radius 1 is 0.968 bits per heavy atom. The number of rotatable bonds is 4. The van der Waals surface area contributed by atoms with E-state index in [2.05, 4.69) is 15.6 Å². The smallest absolute Gasteiger partial charge is 0.253 e. The fourth-order valence-electron chi connectivity index (χ4n) is 3.79. The number of amides is 1.